The highest BCUT2D eigenvalue weighted by Gasteiger charge is 2.24. The van der Waals surface area contributed by atoms with Crippen molar-refractivity contribution in [1.29, 1.82) is 0 Å². The summed E-state index contributed by atoms with van der Waals surface area (Å²) in [6, 6.07) is -0.320. The number of rotatable bonds is 5. The number of aliphatic hydroxyl groups is 1. The predicted molar refractivity (Wildman–Crippen MR) is 92.5 cm³/mol. The van der Waals surface area contributed by atoms with Crippen molar-refractivity contribution in [1.82, 2.24) is 20.0 Å². The van der Waals surface area contributed by atoms with Crippen molar-refractivity contribution in [2.75, 3.05) is 13.1 Å². The molecule has 0 radical (unpaired) electrons. The Labute approximate surface area is 139 Å². The third-order valence-electron chi connectivity index (χ3n) is 3.68. The van der Waals surface area contributed by atoms with Crippen LogP contribution in [0.25, 0.3) is 0 Å². The first-order valence-electron chi connectivity index (χ1n) is 8.19. The molecule has 0 saturated heterocycles. The van der Waals surface area contributed by atoms with E-state index in [-0.39, 0.29) is 17.6 Å². The first-order valence-corrected chi connectivity index (χ1v) is 8.19. The standard InChI is InChI=1S/C17H32N4O2/c1-9-20(11-17(7,8)23)15(22)18-12(2)14-10-21(16(4,5)6)19-13(14)3/h10,12,23H,9,11H2,1-8H3,(H,18,22). The molecule has 6 heteroatoms. The van der Waals surface area contributed by atoms with Crippen LogP contribution in [0.1, 0.15) is 65.8 Å². The van der Waals surface area contributed by atoms with Gasteiger partial charge in [0.15, 0.2) is 0 Å². The fourth-order valence-corrected chi connectivity index (χ4v) is 2.39. The van der Waals surface area contributed by atoms with Gasteiger partial charge in [0, 0.05) is 18.3 Å². The lowest BCUT2D eigenvalue weighted by atomic mass is 10.1. The number of nitrogens with one attached hydrogen (secondary N) is 1. The van der Waals surface area contributed by atoms with Crippen LogP contribution in [0.3, 0.4) is 0 Å². The van der Waals surface area contributed by atoms with Crippen LogP contribution >= 0.6 is 0 Å². The molecule has 23 heavy (non-hydrogen) atoms. The smallest absolute Gasteiger partial charge is 0.317 e. The average Bonchev–Trinajstić information content (AvgIpc) is 2.76. The molecule has 1 atom stereocenters. The second-order valence-electron chi connectivity index (χ2n) is 7.78. The van der Waals surface area contributed by atoms with Gasteiger partial charge < -0.3 is 15.3 Å². The lowest BCUT2D eigenvalue weighted by molar-refractivity contribution is 0.0476. The fourth-order valence-electron chi connectivity index (χ4n) is 2.39. The van der Waals surface area contributed by atoms with Crippen molar-refractivity contribution >= 4 is 6.03 Å². The molecule has 1 aromatic rings. The van der Waals surface area contributed by atoms with E-state index in [1.807, 2.05) is 31.6 Å². The normalized spacial score (nSPS) is 13.8. The Bertz CT molecular complexity index is 538. The van der Waals surface area contributed by atoms with Gasteiger partial charge in [0.2, 0.25) is 0 Å². The van der Waals surface area contributed by atoms with E-state index in [1.165, 1.54) is 0 Å². The van der Waals surface area contributed by atoms with E-state index >= 15 is 0 Å². The van der Waals surface area contributed by atoms with Gasteiger partial charge in [-0.25, -0.2) is 4.79 Å². The molecule has 0 aliphatic heterocycles. The number of amides is 2. The molecule has 0 saturated carbocycles. The van der Waals surface area contributed by atoms with Gasteiger partial charge >= 0.3 is 6.03 Å². The number of urea groups is 1. The molecule has 1 heterocycles. The molecule has 2 N–H and O–H groups in total. The van der Waals surface area contributed by atoms with Gasteiger partial charge in [-0.15, -0.1) is 0 Å². The molecular formula is C17H32N4O2. The van der Waals surface area contributed by atoms with Crippen LogP contribution in [0.15, 0.2) is 6.20 Å². The summed E-state index contributed by atoms with van der Waals surface area (Å²) < 4.78 is 1.93. The number of aryl methyl sites for hydroxylation is 1. The molecule has 1 aromatic heterocycles. The first kappa shape index (κ1) is 19.5. The zero-order chi connectivity index (χ0) is 18.0. The van der Waals surface area contributed by atoms with Gasteiger partial charge in [0.25, 0.3) is 0 Å². The molecule has 132 valence electrons. The van der Waals surface area contributed by atoms with Crippen LogP contribution in [-0.2, 0) is 5.54 Å². The minimum atomic E-state index is -0.913. The Balaban J connectivity index is 2.84. The minimum Gasteiger partial charge on any atom is -0.389 e. The highest BCUT2D eigenvalue weighted by atomic mass is 16.3. The van der Waals surface area contributed by atoms with Crippen molar-refractivity contribution in [3.05, 3.63) is 17.5 Å². The maximum absolute atomic E-state index is 12.4. The Morgan fingerprint density at radius 1 is 1.39 bits per heavy atom. The van der Waals surface area contributed by atoms with Gasteiger partial charge in [-0.2, -0.15) is 5.10 Å². The van der Waals surface area contributed by atoms with Crippen molar-refractivity contribution in [3.63, 3.8) is 0 Å². The molecular weight excluding hydrogens is 292 g/mol. The largest absolute Gasteiger partial charge is 0.389 e. The third-order valence-corrected chi connectivity index (χ3v) is 3.68. The lowest BCUT2D eigenvalue weighted by Gasteiger charge is -2.29. The zero-order valence-electron chi connectivity index (χ0n) is 15.8. The molecule has 0 aromatic carbocycles. The van der Waals surface area contributed by atoms with Crippen molar-refractivity contribution < 1.29 is 9.90 Å². The molecule has 0 spiro atoms. The molecule has 1 unspecified atom stereocenters. The number of aromatic nitrogens is 2. The quantitative estimate of drug-likeness (QED) is 0.875. The third kappa shape index (κ3) is 5.53. The molecule has 0 aliphatic carbocycles. The van der Waals surface area contributed by atoms with Crippen LogP contribution in [0.5, 0.6) is 0 Å². The van der Waals surface area contributed by atoms with Gasteiger partial charge in [-0.3, -0.25) is 4.68 Å². The maximum atomic E-state index is 12.4. The topological polar surface area (TPSA) is 70.4 Å². The number of likely N-dealkylation sites (N-methyl/N-ethyl adjacent to an activating group) is 1. The van der Waals surface area contributed by atoms with Crippen LogP contribution in [0.4, 0.5) is 4.79 Å². The number of hydrogen-bond donors (Lipinski definition) is 2. The first-order chi connectivity index (χ1) is 10.3. The minimum absolute atomic E-state index is 0.0941. The van der Waals surface area contributed by atoms with E-state index in [4.69, 9.17) is 0 Å². The molecule has 6 nitrogen and oxygen atoms in total. The molecule has 2 amide bonds. The zero-order valence-corrected chi connectivity index (χ0v) is 15.8. The van der Waals surface area contributed by atoms with E-state index in [2.05, 4.69) is 31.2 Å². The Hall–Kier alpha value is -1.56. The molecule has 0 fully saturated rings. The summed E-state index contributed by atoms with van der Waals surface area (Å²) in [5, 5.41) is 17.5. The fraction of sp³-hybridized carbons (Fsp3) is 0.765. The summed E-state index contributed by atoms with van der Waals surface area (Å²) in [4.78, 5) is 14.0. The van der Waals surface area contributed by atoms with Crippen LogP contribution in [0.2, 0.25) is 0 Å². The van der Waals surface area contributed by atoms with Gasteiger partial charge in [-0.05, 0) is 55.4 Å². The summed E-state index contributed by atoms with van der Waals surface area (Å²) in [6.45, 7) is 16.3. The van der Waals surface area contributed by atoms with Crippen molar-refractivity contribution in [2.24, 2.45) is 0 Å². The summed E-state index contributed by atoms with van der Waals surface area (Å²) in [7, 11) is 0. The van der Waals surface area contributed by atoms with Gasteiger partial charge in [0.05, 0.1) is 29.4 Å². The van der Waals surface area contributed by atoms with Gasteiger partial charge in [-0.1, -0.05) is 0 Å². The summed E-state index contributed by atoms with van der Waals surface area (Å²) in [6.07, 6.45) is 1.99. The molecule has 1 rings (SSSR count). The highest BCUT2D eigenvalue weighted by molar-refractivity contribution is 5.74. The second kappa shape index (κ2) is 6.91. The van der Waals surface area contributed by atoms with E-state index < -0.39 is 5.60 Å². The lowest BCUT2D eigenvalue weighted by Crippen LogP contribution is -2.47. The SMILES string of the molecule is CCN(CC(C)(C)O)C(=O)NC(C)c1cn(C(C)(C)C)nc1C. The summed E-state index contributed by atoms with van der Waals surface area (Å²) in [5.41, 5.74) is 0.915. The highest BCUT2D eigenvalue weighted by Crippen LogP contribution is 2.21. The summed E-state index contributed by atoms with van der Waals surface area (Å²) >= 11 is 0. The van der Waals surface area contributed by atoms with Crippen LogP contribution in [0, 0.1) is 6.92 Å². The van der Waals surface area contributed by atoms with Crippen molar-refractivity contribution in [2.45, 2.75) is 72.6 Å². The molecule has 0 bridgehead atoms. The van der Waals surface area contributed by atoms with Crippen LogP contribution < -0.4 is 5.32 Å². The van der Waals surface area contributed by atoms with E-state index in [0.29, 0.717) is 13.1 Å². The van der Waals surface area contributed by atoms with Crippen LogP contribution in [-0.4, -0.2) is 44.5 Å². The Morgan fingerprint density at radius 3 is 2.35 bits per heavy atom. The number of nitrogens with zero attached hydrogens (tertiary/aromatic N) is 3. The number of carbonyl (C=O) groups excluding carboxylic acids is 1. The van der Waals surface area contributed by atoms with Crippen molar-refractivity contribution in [3.8, 4) is 0 Å². The van der Waals surface area contributed by atoms with E-state index in [9.17, 15) is 9.90 Å². The Kier molecular flexibility index (Phi) is 5.85. The molecule has 0 aliphatic rings. The van der Waals surface area contributed by atoms with Gasteiger partial charge in [0.1, 0.15) is 0 Å². The Morgan fingerprint density at radius 2 is 1.96 bits per heavy atom. The average molecular weight is 324 g/mol. The summed E-state index contributed by atoms with van der Waals surface area (Å²) in [5.74, 6) is 0. The second-order valence-corrected chi connectivity index (χ2v) is 7.78. The number of carbonyl (C=O) groups is 1. The van der Waals surface area contributed by atoms with E-state index in [1.54, 1.807) is 18.7 Å². The predicted octanol–water partition coefficient (Wildman–Crippen LogP) is 2.81. The maximum Gasteiger partial charge on any atom is 0.317 e. The monoisotopic (exact) mass is 324 g/mol. The number of hydrogen-bond acceptors (Lipinski definition) is 3. The van der Waals surface area contributed by atoms with E-state index in [0.717, 1.165) is 11.3 Å².